The summed E-state index contributed by atoms with van der Waals surface area (Å²) in [6.45, 7) is 0.586. The molecule has 0 aliphatic carbocycles. The molecule has 1 aliphatic heterocycles. The summed E-state index contributed by atoms with van der Waals surface area (Å²) >= 11 is 0. The van der Waals surface area contributed by atoms with Gasteiger partial charge in [0.25, 0.3) is 0 Å². The zero-order valence-electron chi connectivity index (χ0n) is 13.8. The SMILES string of the molecule is Cn1nccc1[C@@H]1OCC[C@H]1C(=O)Nc1cccc2ccn(C)c12. The first-order valence-corrected chi connectivity index (χ1v) is 8.09. The molecule has 1 fully saturated rings. The number of benzene rings is 1. The molecule has 1 saturated heterocycles. The second-order valence-corrected chi connectivity index (χ2v) is 6.23. The maximum Gasteiger partial charge on any atom is 0.230 e. The smallest absolute Gasteiger partial charge is 0.230 e. The van der Waals surface area contributed by atoms with Gasteiger partial charge in [-0.1, -0.05) is 12.1 Å². The van der Waals surface area contributed by atoms with E-state index in [2.05, 4.69) is 10.4 Å². The Kier molecular flexibility index (Phi) is 3.61. The van der Waals surface area contributed by atoms with Crippen LogP contribution in [-0.4, -0.2) is 26.9 Å². The van der Waals surface area contributed by atoms with Crippen molar-refractivity contribution in [3.63, 3.8) is 0 Å². The van der Waals surface area contributed by atoms with Crippen LogP contribution in [0.2, 0.25) is 0 Å². The second-order valence-electron chi connectivity index (χ2n) is 6.23. The minimum Gasteiger partial charge on any atom is -0.371 e. The van der Waals surface area contributed by atoms with Crippen molar-refractivity contribution < 1.29 is 9.53 Å². The summed E-state index contributed by atoms with van der Waals surface area (Å²) in [5.74, 6) is -0.219. The number of carbonyl (C=O) groups is 1. The van der Waals surface area contributed by atoms with Crippen molar-refractivity contribution in [1.29, 1.82) is 0 Å². The molecule has 124 valence electrons. The van der Waals surface area contributed by atoms with E-state index in [4.69, 9.17) is 4.74 Å². The molecule has 1 aliphatic rings. The topological polar surface area (TPSA) is 61.1 Å². The minimum absolute atomic E-state index is 0.00704. The highest BCUT2D eigenvalue weighted by Crippen LogP contribution is 2.35. The molecule has 0 unspecified atom stereocenters. The van der Waals surface area contributed by atoms with Gasteiger partial charge in [-0.3, -0.25) is 9.48 Å². The Balaban J connectivity index is 1.61. The molecule has 24 heavy (non-hydrogen) atoms. The molecular formula is C18H20N4O2. The third-order valence-electron chi connectivity index (χ3n) is 4.73. The van der Waals surface area contributed by atoms with Gasteiger partial charge in [0.2, 0.25) is 5.91 Å². The Morgan fingerprint density at radius 3 is 2.96 bits per heavy atom. The van der Waals surface area contributed by atoms with Crippen molar-refractivity contribution in [2.45, 2.75) is 12.5 Å². The molecular weight excluding hydrogens is 304 g/mol. The largest absolute Gasteiger partial charge is 0.371 e. The van der Waals surface area contributed by atoms with E-state index in [-0.39, 0.29) is 17.9 Å². The van der Waals surface area contributed by atoms with Crippen molar-refractivity contribution >= 4 is 22.5 Å². The second kappa shape index (κ2) is 5.79. The molecule has 1 N–H and O–H groups in total. The van der Waals surface area contributed by atoms with Crippen molar-refractivity contribution in [3.8, 4) is 0 Å². The van der Waals surface area contributed by atoms with Crippen molar-refractivity contribution in [2.75, 3.05) is 11.9 Å². The van der Waals surface area contributed by atoms with E-state index in [0.29, 0.717) is 13.0 Å². The normalized spacial score (nSPS) is 20.6. The van der Waals surface area contributed by atoms with Gasteiger partial charge in [-0.05, 0) is 24.6 Å². The third kappa shape index (κ3) is 2.39. The summed E-state index contributed by atoms with van der Waals surface area (Å²) in [6, 6.07) is 9.90. The summed E-state index contributed by atoms with van der Waals surface area (Å²) in [5.41, 5.74) is 2.80. The Labute approximate surface area is 140 Å². The van der Waals surface area contributed by atoms with Crippen LogP contribution >= 0.6 is 0 Å². The molecule has 4 rings (SSSR count). The standard InChI is InChI=1S/C18H20N4O2/c1-21-10-7-12-4-3-5-14(16(12)21)20-18(23)13-8-11-24-17(13)15-6-9-19-22(15)2/h3-7,9-10,13,17H,8,11H2,1-2H3,(H,20,23)/t13-,17-/m1/s1. The molecule has 3 heterocycles. The van der Waals surface area contributed by atoms with Crippen LogP contribution in [-0.2, 0) is 23.6 Å². The van der Waals surface area contributed by atoms with Gasteiger partial charge in [0.1, 0.15) is 6.10 Å². The van der Waals surface area contributed by atoms with Gasteiger partial charge in [0.15, 0.2) is 0 Å². The van der Waals surface area contributed by atoms with Crippen LogP contribution in [0.1, 0.15) is 18.2 Å². The molecule has 6 nitrogen and oxygen atoms in total. The Hall–Kier alpha value is -2.60. The molecule has 0 bridgehead atoms. The highest BCUT2D eigenvalue weighted by Gasteiger charge is 2.37. The summed E-state index contributed by atoms with van der Waals surface area (Å²) in [4.78, 5) is 12.9. The van der Waals surface area contributed by atoms with Crippen molar-refractivity contribution in [3.05, 3.63) is 48.4 Å². The number of anilines is 1. The fourth-order valence-corrected chi connectivity index (χ4v) is 3.50. The van der Waals surface area contributed by atoms with Crippen LogP contribution in [0.4, 0.5) is 5.69 Å². The van der Waals surface area contributed by atoms with E-state index in [9.17, 15) is 4.79 Å². The first-order chi connectivity index (χ1) is 11.6. The van der Waals surface area contributed by atoms with Crippen LogP contribution in [0.3, 0.4) is 0 Å². The van der Waals surface area contributed by atoms with E-state index in [0.717, 1.165) is 22.3 Å². The number of para-hydroxylation sites is 1. The number of nitrogens with zero attached hydrogens (tertiary/aromatic N) is 3. The third-order valence-corrected chi connectivity index (χ3v) is 4.73. The van der Waals surface area contributed by atoms with Crippen molar-refractivity contribution in [2.24, 2.45) is 20.0 Å². The molecule has 1 amide bonds. The molecule has 1 aromatic carbocycles. The first-order valence-electron chi connectivity index (χ1n) is 8.09. The number of amides is 1. The zero-order valence-corrected chi connectivity index (χ0v) is 13.8. The van der Waals surface area contributed by atoms with Crippen LogP contribution in [0.5, 0.6) is 0 Å². The number of carbonyl (C=O) groups excluding carboxylic acids is 1. The summed E-state index contributed by atoms with van der Waals surface area (Å²) in [5, 5.41) is 8.39. The zero-order chi connectivity index (χ0) is 16.7. The first kappa shape index (κ1) is 15.0. The number of fused-ring (bicyclic) bond motifs is 1. The number of aryl methyl sites for hydroxylation is 2. The summed E-state index contributed by atoms with van der Waals surface area (Å²) in [6.07, 6.45) is 4.20. The molecule has 0 saturated carbocycles. The Morgan fingerprint density at radius 1 is 1.29 bits per heavy atom. The molecule has 2 aromatic heterocycles. The van der Waals surface area contributed by atoms with Gasteiger partial charge in [0, 0.05) is 38.5 Å². The minimum atomic E-state index is -0.245. The number of rotatable bonds is 3. The lowest BCUT2D eigenvalue weighted by molar-refractivity contribution is -0.121. The van der Waals surface area contributed by atoms with E-state index >= 15 is 0 Å². The molecule has 3 aromatic rings. The van der Waals surface area contributed by atoms with E-state index in [1.807, 2.05) is 55.2 Å². The fraction of sp³-hybridized carbons (Fsp3) is 0.333. The quantitative estimate of drug-likeness (QED) is 0.805. The molecule has 6 heteroatoms. The number of hydrogen-bond acceptors (Lipinski definition) is 3. The van der Waals surface area contributed by atoms with Gasteiger partial charge in [-0.25, -0.2) is 0 Å². The fourth-order valence-electron chi connectivity index (χ4n) is 3.50. The van der Waals surface area contributed by atoms with Crippen LogP contribution < -0.4 is 5.32 Å². The number of ether oxygens (including phenoxy) is 1. The molecule has 2 atom stereocenters. The highest BCUT2D eigenvalue weighted by atomic mass is 16.5. The summed E-state index contributed by atoms with van der Waals surface area (Å²) in [7, 11) is 3.85. The van der Waals surface area contributed by atoms with Crippen LogP contribution in [0.25, 0.3) is 10.9 Å². The maximum absolute atomic E-state index is 12.9. The maximum atomic E-state index is 12.9. The lowest BCUT2D eigenvalue weighted by atomic mass is 9.97. The Morgan fingerprint density at radius 2 is 2.17 bits per heavy atom. The van der Waals surface area contributed by atoms with E-state index in [1.165, 1.54) is 0 Å². The summed E-state index contributed by atoms with van der Waals surface area (Å²) < 4.78 is 9.61. The predicted octanol–water partition coefficient (Wildman–Crippen LogP) is 2.63. The Bertz CT molecular complexity index is 895. The number of nitrogens with one attached hydrogen (secondary N) is 1. The van der Waals surface area contributed by atoms with Gasteiger partial charge < -0.3 is 14.6 Å². The monoisotopic (exact) mass is 324 g/mol. The van der Waals surface area contributed by atoms with Crippen molar-refractivity contribution in [1.82, 2.24) is 14.3 Å². The van der Waals surface area contributed by atoms with Gasteiger partial charge in [0.05, 0.1) is 22.8 Å². The highest BCUT2D eigenvalue weighted by molar-refractivity contribution is 6.01. The lowest BCUT2D eigenvalue weighted by Gasteiger charge is -2.19. The van der Waals surface area contributed by atoms with Gasteiger partial charge in [-0.2, -0.15) is 5.10 Å². The van der Waals surface area contributed by atoms with E-state index < -0.39 is 0 Å². The van der Waals surface area contributed by atoms with Gasteiger partial charge >= 0.3 is 0 Å². The van der Waals surface area contributed by atoms with Crippen LogP contribution in [0, 0.1) is 5.92 Å². The molecule has 0 radical (unpaired) electrons. The van der Waals surface area contributed by atoms with Crippen LogP contribution in [0.15, 0.2) is 42.7 Å². The van der Waals surface area contributed by atoms with Gasteiger partial charge in [-0.15, -0.1) is 0 Å². The molecule has 0 spiro atoms. The predicted molar refractivity (Wildman–Crippen MR) is 91.6 cm³/mol. The number of hydrogen-bond donors (Lipinski definition) is 1. The van der Waals surface area contributed by atoms with E-state index in [1.54, 1.807) is 10.9 Å². The lowest BCUT2D eigenvalue weighted by Crippen LogP contribution is -2.26. The average Bonchev–Trinajstić information content (AvgIpc) is 3.27. The number of aromatic nitrogens is 3. The average molecular weight is 324 g/mol.